The maximum atomic E-state index is 11.4. The van der Waals surface area contributed by atoms with Crippen molar-refractivity contribution < 1.29 is 9.53 Å². The second kappa shape index (κ2) is 3.33. The Morgan fingerprint density at radius 2 is 2.14 bits per heavy atom. The van der Waals surface area contributed by atoms with Crippen LogP contribution in [0.15, 0.2) is 24.3 Å². The van der Waals surface area contributed by atoms with Crippen LogP contribution in [0.4, 0.5) is 5.69 Å². The summed E-state index contributed by atoms with van der Waals surface area (Å²) in [7, 11) is 1.42. The molecule has 0 fully saturated rings. The zero-order valence-corrected chi connectivity index (χ0v) is 8.28. The van der Waals surface area contributed by atoms with Gasteiger partial charge in [-0.1, -0.05) is 25.1 Å². The number of ether oxygens (including phenoxy) is 1. The lowest BCUT2D eigenvalue weighted by atomic mass is 9.97. The van der Waals surface area contributed by atoms with Crippen molar-refractivity contribution in [2.45, 2.75) is 18.9 Å². The third-order valence-electron chi connectivity index (χ3n) is 2.72. The van der Waals surface area contributed by atoms with Gasteiger partial charge >= 0.3 is 5.97 Å². The fraction of sp³-hybridized carbons (Fsp3) is 0.364. The van der Waals surface area contributed by atoms with E-state index in [1.165, 1.54) is 12.7 Å². The van der Waals surface area contributed by atoms with Crippen LogP contribution < -0.4 is 5.32 Å². The summed E-state index contributed by atoms with van der Waals surface area (Å²) < 4.78 is 4.73. The first-order valence-electron chi connectivity index (χ1n) is 4.67. The van der Waals surface area contributed by atoms with E-state index in [2.05, 4.69) is 5.32 Å². The summed E-state index contributed by atoms with van der Waals surface area (Å²) in [6, 6.07) is 7.72. The first-order chi connectivity index (χ1) is 6.74. The van der Waals surface area contributed by atoms with Gasteiger partial charge in [0.05, 0.1) is 7.11 Å². The van der Waals surface area contributed by atoms with E-state index in [1.807, 2.05) is 31.2 Å². The first-order valence-corrected chi connectivity index (χ1v) is 4.67. The first kappa shape index (κ1) is 9.06. The molecule has 3 nitrogen and oxygen atoms in total. The molecule has 2 atom stereocenters. The van der Waals surface area contributed by atoms with Crippen molar-refractivity contribution in [3.8, 4) is 0 Å². The normalized spacial score (nSPS) is 23.9. The minimum atomic E-state index is -0.239. The van der Waals surface area contributed by atoms with E-state index in [0.29, 0.717) is 0 Å². The van der Waals surface area contributed by atoms with Crippen LogP contribution in [0.1, 0.15) is 18.4 Å². The van der Waals surface area contributed by atoms with Crippen molar-refractivity contribution in [3.63, 3.8) is 0 Å². The smallest absolute Gasteiger partial charge is 0.328 e. The van der Waals surface area contributed by atoms with Gasteiger partial charge in [-0.3, -0.25) is 0 Å². The van der Waals surface area contributed by atoms with Gasteiger partial charge in [0, 0.05) is 11.6 Å². The predicted octanol–water partition coefficient (Wildman–Crippen LogP) is 1.76. The lowest BCUT2D eigenvalue weighted by Gasteiger charge is -2.13. The number of hydrogen-bond donors (Lipinski definition) is 1. The summed E-state index contributed by atoms with van der Waals surface area (Å²) in [5.74, 6) is -0.0210. The van der Waals surface area contributed by atoms with Crippen molar-refractivity contribution in [2.75, 3.05) is 12.4 Å². The number of para-hydroxylation sites is 1. The molecule has 0 spiro atoms. The number of carbonyl (C=O) groups excluding carboxylic acids is 1. The molecule has 0 aliphatic carbocycles. The van der Waals surface area contributed by atoms with Crippen molar-refractivity contribution in [1.29, 1.82) is 0 Å². The van der Waals surface area contributed by atoms with E-state index >= 15 is 0 Å². The SMILES string of the molecule is COC(=O)[C@H]1Nc2ccccc2[C@H]1C. The molecule has 1 aromatic carbocycles. The van der Waals surface area contributed by atoms with Crippen LogP contribution in [0, 0.1) is 0 Å². The summed E-state index contributed by atoms with van der Waals surface area (Å²) in [4.78, 5) is 11.4. The molecule has 0 unspecified atom stereocenters. The van der Waals surface area contributed by atoms with Crippen molar-refractivity contribution >= 4 is 11.7 Å². The van der Waals surface area contributed by atoms with Gasteiger partial charge in [0.25, 0.3) is 0 Å². The number of fused-ring (bicyclic) bond motifs is 1. The third kappa shape index (κ3) is 1.25. The highest BCUT2D eigenvalue weighted by molar-refractivity contribution is 5.84. The Labute approximate surface area is 83.1 Å². The topological polar surface area (TPSA) is 38.3 Å². The number of benzene rings is 1. The van der Waals surface area contributed by atoms with E-state index in [0.717, 1.165) is 5.69 Å². The largest absolute Gasteiger partial charge is 0.467 e. The minimum absolute atomic E-state index is 0.179. The van der Waals surface area contributed by atoms with Crippen molar-refractivity contribution in [3.05, 3.63) is 29.8 Å². The molecule has 0 radical (unpaired) electrons. The number of methoxy groups -OCH3 is 1. The molecule has 1 heterocycles. The van der Waals surface area contributed by atoms with Crippen LogP contribution in [-0.2, 0) is 9.53 Å². The highest BCUT2D eigenvalue weighted by Crippen LogP contribution is 2.35. The summed E-state index contributed by atoms with van der Waals surface area (Å²) in [5, 5.41) is 3.16. The number of nitrogens with one attached hydrogen (secondary N) is 1. The summed E-state index contributed by atoms with van der Waals surface area (Å²) in [5.41, 5.74) is 2.22. The van der Waals surface area contributed by atoms with Crippen LogP contribution in [0.5, 0.6) is 0 Å². The molecule has 1 aromatic rings. The molecule has 14 heavy (non-hydrogen) atoms. The van der Waals surface area contributed by atoms with Crippen LogP contribution in [0.3, 0.4) is 0 Å². The standard InChI is InChI=1S/C11H13NO2/c1-7-8-5-3-4-6-9(8)12-10(7)11(13)14-2/h3-7,10,12H,1-2H3/t7-,10+/m1/s1. The molecule has 0 saturated carbocycles. The second-order valence-electron chi connectivity index (χ2n) is 3.52. The second-order valence-corrected chi connectivity index (χ2v) is 3.52. The summed E-state index contributed by atoms with van der Waals surface area (Å²) in [6.07, 6.45) is 0. The van der Waals surface area contributed by atoms with E-state index in [1.54, 1.807) is 0 Å². The number of esters is 1. The van der Waals surface area contributed by atoms with Gasteiger partial charge in [0.2, 0.25) is 0 Å². The lowest BCUT2D eigenvalue weighted by molar-refractivity contribution is -0.141. The third-order valence-corrected chi connectivity index (χ3v) is 2.72. The van der Waals surface area contributed by atoms with Gasteiger partial charge in [0.15, 0.2) is 0 Å². The Morgan fingerprint density at radius 1 is 1.43 bits per heavy atom. The maximum Gasteiger partial charge on any atom is 0.328 e. The van der Waals surface area contributed by atoms with Gasteiger partial charge < -0.3 is 10.1 Å². The zero-order valence-electron chi connectivity index (χ0n) is 8.28. The molecule has 1 aliphatic heterocycles. The molecule has 2 rings (SSSR count). The Balaban J connectivity index is 2.30. The molecular formula is C11H13NO2. The number of rotatable bonds is 1. The highest BCUT2D eigenvalue weighted by Gasteiger charge is 2.34. The molecule has 0 amide bonds. The van der Waals surface area contributed by atoms with Crippen LogP contribution >= 0.6 is 0 Å². The molecule has 0 saturated heterocycles. The number of anilines is 1. The Kier molecular flexibility index (Phi) is 2.15. The van der Waals surface area contributed by atoms with Crippen LogP contribution in [0.25, 0.3) is 0 Å². The van der Waals surface area contributed by atoms with Gasteiger partial charge in [-0.15, -0.1) is 0 Å². The maximum absolute atomic E-state index is 11.4. The van der Waals surface area contributed by atoms with E-state index < -0.39 is 0 Å². The van der Waals surface area contributed by atoms with Gasteiger partial charge in [-0.2, -0.15) is 0 Å². The molecule has 1 aliphatic rings. The molecule has 0 bridgehead atoms. The Morgan fingerprint density at radius 3 is 2.79 bits per heavy atom. The number of hydrogen-bond acceptors (Lipinski definition) is 3. The minimum Gasteiger partial charge on any atom is -0.467 e. The van der Waals surface area contributed by atoms with Gasteiger partial charge in [-0.05, 0) is 11.6 Å². The summed E-state index contributed by atoms with van der Waals surface area (Å²) in [6.45, 7) is 2.03. The Bertz CT molecular complexity index is 362. The molecule has 1 N–H and O–H groups in total. The summed E-state index contributed by atoms with van der Waals surface area (Å²) >= 11 is 0. The molecular weight excluding hydrogens is 178 g/mol. The monoisotopic (exact) mass is 191 g/mol. The van der Waals surface area contributed by atoms with Gasteiger partial charge in [-0.25, -0.2) is 4.79 Å². The van der Waals surface area contributed by atoms with Gasteiger partial charge in [0.1, 0.15) is 6.04 Å². The quantitative estimate of drug-likeness (QED) is 0.687. The molecule has 0 aromatic heterocycles. The van der Waals surface area contributed by atoms with Crippen molar-refractivity contribution in [2.24, 2.45) is 0 Å². The van der Waals surface area contributed by atoms with E-state index in [9.17, 15) is 4.79 Å². The number of carbonyl (C=O) groups is 1. The predicted molar refractivity (Wildman–Crippen MR) is 54.3 cm³/mol. The van der Waals surface area contributed by atoms with Crippen LogP contribution in [-0.4, -0.2) is 19.1 Å². The fourth-order valence-electron chi connectivity index (χ4n) is 1.89. The Hall–Kier alpha value is -1.51. The zero-order chi connectivity index (χ0) is 10.1. The highest BCUT2D eigenvalue weighted by atomic mass is 16.5. The average Bonchev–Trinajstić information content (AvgIpc) is 2.56. The average molecular weight is 191 g/mol. The molecule has 3 heteroatoms. The van der Waals surface area contributed by atoms with Crippen LogP contribution in [0.2, 0.25) is 0 Å². The van der Waals surface area contributed by atoms with Crippen molar-refractivity contribution in [1.82, 2.24) is 0 Å². The van der Waals surface area contributed by atoms with E-state index in [4.69, 9.17) is 4.74 Å². The van der Waals surface area contributed by atoms with E-state index in [-0.39, 0.29) is 17.9 Å². The lowest BCUT2D eigenvalue weighted by Crippen LogP contribution is -2.30. The molecule has 74 valence electrons. The fourth-order valence-corrected chi connectivity index (χ4v) is 1.89.